The zero-order valence-corrected chi connectivity index (χ0v) is 24.7. The number of ether oxygens (including phenoxy) is 1. The molecule has 0 bridgehead atoms. The van der Waals surface area contributed by atoms with E-state index in [4.69, 9.17) is 16.3 Å². The number of amides is 1. The lowest BCUT2D eigenvalue weighted by molar-refractivity contribution is 0.0604. The number of nitrogens with one attached hydrogen (secondary N) is 1. The molecule has 0 atom stereocenters. The van der Waals surface area contributed by atoms with Crippen LogP contribution in [0.15, 0.2) is 54.6 Å². The summed E-state index contributed by atoms with van der Waals surface area (Å²) in [5, 5.41) is 4.90. The van der Waals surface area contributed by atoms with Gasteiger partial charge in [-0.15, -0.1) is 11.3 Å². The number of pyridine rings is 1. The molecule has 0 spiro atoms. The number of hydrogen-bond donors (Lipinski definition) is 1. The number of aryl methyl sites for hydroxylation is 2. The van der Waals surface area contributed by atoms with Crippen LogP contribution in [0.1, 0.15) is 59.2 Å². The normalized spacial score (nSPS) is 17.4. The second kappa shape index (κ2) is 12.1. The first-order valence-electron chi connectivity index (χ1n) is 13.7. The summed E-state index contributed by atoms with van der Waals surface area (Å²) in [6.07, 6.45) is 3.98. The van der Waals surface area contributed by atoms with E-state index in [-0.39, 0.29) is 11.9 Å². The van der Waals surface area contributed by atoms with Crippen LogP contribution in [0.4, 0.5) is 0 Å². The first kappa shape index (κ1) is 27.6. The molecule has 0 saturated heterocycles. The highest BCUT2D eigenvalue weighted by atomic mass is 35.5. The summed E-state index contributed by atoms with van der Waals surface area (Å²) in [5.74, 6) is 0.811. The predicted molar refractivity (Wildman–Crippen MR) is 162 cm³/mol. The van der Waals surface area contributed by atoms with Crippen molar-refractivity contribution in [1.29, 1.82) is 0 Å². The zero-order chi connectivity index (χ0) is 27.5. The Kier molecular flexibility index (Phi) is 8.55. The largest absolute Gasteiger partial charge is 0.494 e. The Morgan fingerprint density at radius 2 is 1.77 bits per heavy atom. The fourth-order valence-corrected chi connectivity index (χ4v) is 7.16. The number of carbonyl (C=O) groups is 1. The van der Waals surface area contributed by atoms with Crippen LogP contribution < -0.4 is 10.1 Å². The van der Waals surface area contributed by atoms with Crippen molar-refractivity contribution in [2.24, 2.45) is 0 Å². The molecule has 1 aliphatic carbocycles. The maximum Gasteiger partial charge on any atom is 0.266 e. The van der Waals surface area contributed by atoms with E-state index in [0.29, 0.717) is 29.1 Å². The van der Waals surface area contributed by atoms with Crippen molar-refractivity contribution in [3.63, 3.8) is 0 Å². The van der Waals surface area contributed by atoms with Gasteiger partial charge in [-0.1, -0.05) is 35.9 Å². The third-order valence-electron chi connectivity index (χ3n) is 7.65. The van der Waals surface area contributed by atoms with Crippen LogP contribution in [0.3, 0.4) is 0 Å². The van der Waals surface area contributed by atoms with Gasteiger partial charge in [0.1, 0.15) is 10.6 Å². The summed E-state index contributed by atoms with van der Waals surface area (Å²) in [6, 6.07) is 19.1. The maximum atomic E-state index is 14.3. The molecule has 1 aliphatic rings. The lowest BCUT2D eigenvalue weighted by atomic mass is 9.89. The molecule has 0 radical (unpaired) electrons. The Balaban J connectivity index is 1.55. The molecule has 2 aromatic heterocycles. The van der Waals surface area contributed by atoms with Crippen LogP contribution in [0.5, 0.6) is 5.75 Å². The van der Waals surface area contributed by atoms with Crippen LogP contribution in [-0.4, -0.2) is 41.5 Å². The Morgan fingerprint density at radius 3 is 2.44 bits per heavy atom. The highest BCUT2D eigenvalue weighted by molar-refractivity contribution is 7.21. The molecule has 2 aromatic carbocycles. The topological polar surface area (TPSA) is 54.5 Å². The van der Waals surface area contributed by atoms with Gasteiger partial charge in [0, 0.05) is 45.7 Å². The average Bonchev–Trinajstić information content (AvgIpc) is 3.28. The molecule has 7 heteroatoms. The monoisotopic (exact) mass is 561 g/mol. The van der Waals surface area contributed by atoms with Gasteiger partial charge in [0.25, 0.3) is 5.91 Å². The van der Waals surface area contributed by atoms with Gasteiger partial charge in [-0.25, -0.2) is 0 Å². The van der Waals surface area contributed by atoms with Crippen molar-refractivity contribution in [2.45, 2.75) is 65.1 Å². The van der Waals surface area contributed by atoms with Crippen molar-refractivity contribution < 1.29 is 9.53 Å². The van der Waals surface area contributed by atoms with Crippen molar-refractivity contribution in [2.75, 3.05) is 13.7 Å². The van der Waals surface area contributed by atoms with Gasteiger partial charge in [0.05, 0.1) is 11.6 Å². The van der Waals surface area contributed by atoms with Gasteiger partial charge >= 0.3 is 0 Å². The first-order chi connectivity index (χ1) is 18.9. The predicted octanol–water partition coefficient (Wildman–Crippen LogP) is 7.81. The molecule has 1 saturated carbocycles. The molecule has 5 nitrogen and oxygen atoms in total. The summed E-state index contributed by atoms with van der Waals surface area (Å²) < 4.78 is 7.10. The third-order valence-corrected chi connectivity index (χ3v) is 9.31. The molecule has 39 heavy (non-hydrogen) atoms. The fourth-order valence-electron chi connectivity index (χ4n) is 5.69. The van der Waals surface area contributed by atoms with Gasteiger partial charge in [-0.05, 0) is 95.0 Å². The van der Waals surface area contributed by atoms with Crippen LogP contribution in [0.25, 0.3) is 21.2 Å². The number of nitrogens with zero attached hydrogens (tertiary/aromatic N) is 2. The van der Waals surface area contributed by atoms with Crippen molar-refractivity contribution >= 4 is 38.9 Å². The molecule has 1 N–H and O–H groups in total. The second-order valence-corrected chi connectivity index (χ2v) is 11.8. The quantitative estimate of drug-likeness (QED) is 0.238. The minimum Gasteiger partial charge on any atom is -0.494 e. The number of aromatic nitrogens is 1. The molecule has 204 valence electrons. The van der Waals surface area contributed by atoms with Crippen molar-refractivity contribution in [3.05, 3.63) is 81.4 Å². The lowest BCUT2D eigenvalue weighted by Crippen LogP contribution is -2.44. The van der Waals surface area contributed by atoms with Crippen molar-refractivity contribution in [3.8, 4) is 16.9 Å². The van der Waals surface area contributed by atoms with Crippen LogP contribution in [0.2, 0.25) is 5.02 Å². The standard InChI is InChI=1S/C32H36ClN3O2S/c1-5-38-28-15-10-22(23-16-20(2)35-21(3)17-23)18-24(28)19-36(26-13-11-25(34-4)12-14-26)32(37)31-30(33)27-8-6-7-9-29(27)39-31/h6-10,15-18,25-26,34H,5,11-14,19H2,1-4H3. The SMILES string of the molecule is CCOc1ccc(-c2cc(C)nc(C)c2)cc1CN(C(=O)c1sc2ccccc2c1Cl)C1CCC(NC)CC1. The number of benzene rings is 2. The minimum absolute atomic E-state index is 0.00226. The first-order valence-corrected chi connectivity index (χ1v) is 14.9. The van der Waals surface area contributed by atoms with E-state index >= 15 is 0 Å². The van der Waals surface area contributed by atoms with Gasteiger partial charge < -0.3 is 15.0 Å². The molecule has 0 unspecified atom stereocenters. The minimum atomic E-state index is -0.00226. The molecular formula is C32H36ClN3O2S. The number of hydrogen-bond acceptors (Lipinski definition) is 5. The fraction of sp³-hybridized carbons (Fsp3) is 0.375. The summed E-state index contributed by atoms with van der Waals surface area (Å²) in [4.78, 5) is 21.5. The highest BCUT2D eigenvalue weighted by Crippen LogP contribution is 2.38. The van der Waals surface area contributed by atoms with Crippen LogP contribution in [-0.2, 0) is 6.54 Å². The van der Waals surface area contributed by atoms with E-state index in [1.54, 1.807) is 0 Å². The number of carbonyl (C=O) groups excluding carboxylic acids is 1. The van der Waals surface area contributed by atoms with E-state index in [2.05, 4.69) is 34.6 Å². The number of thiophene rings is 1. The number of rotatable bonds is 8. The number of fused-ring (bicyclic) bond motifs is 1. The van der Waals surface area contributed by atoms with Gasteiger partial charge in [0.2, 0.25) is 0 Å². The van der Waals surface area contributed by atoms with Gasteiger partial charge in [-0.3, -0.25) is 9.78 Å². The molecule has 2 heterocycles. The number of halogens is 1. The zero-order valence-electron chi connectivity index (χ0n) is 23.1. The molecule has 1 amide bonds. The Labute approximate surface area is 240 Å². The lowest BCUT2D eigenvalue weighted by Gasteiger charge is -2.37. The van der Waals surface area contributed by atoms with E-state index in [0.717, 1.165) is 69.6 Å². The smallest absolute Gasteiger partial charge is 0.266 e. The maximum absolute atomic E-state index is 14.3. The van der Waals surface area contributed by atoms with Gasteiger partial charge in [-0.2, -0.15) is 0 Å². The average molecular weight is 562 g/mol. The summed E-state index contributed by atoms with van der Waals surface area (Å²) in [7, 11) is 2.02. The third kappa shape index (κ3) is 5.98. The van der Waals surface area contributed by atoms with E-state index in [1.807, 2.05) is 63.1 Å². The van der Waals surface area contributed by atoms with E-state index < -0.39 is 0 Å². The molecular weight excluding hydrogens is 526 g/mol. The summed E-state index contributed by atoms with van der Waals surface area (Å²) in [6.45, 7) is 7.05. The van der Waals surface area contributed by atoms with Crippen LogP contribution in [0, 0.1) is 13.8 Å². The Morgan fingerprint density at radius 1 is 1.05 bits per heavy atom. The highest BCUT2D eigenvalue weighted by Gasteiger charge is 2.32. The van der Waals surface area contributed by atoms with Gasteiger partial charge in [0.15, 0.2) is 0 Å². The summed E-state index contributed by atoms with van der Waals surface area (Å²) >= 11 is 8.31. The Hall–Kier alpha value is -2.93. The molecule has 1 fully saturated rings. The van der Waals surface area contributed by atoms with Crippen LogP contribution >= 0.6 is 22.9 Å². The van der Waals surface area contributed by atoms with Crippen molar-refractivity contribution in [1.82, 2.24) is 15.2 Å². The van der Waals surface area contributed by atoms with E-state index in [9.17, 15) is 4.79 Å². The molecule has 4 aromatic rings. The Bertz CT molecular complexity index is 1460. The van der Waals surface area contributed by atoms with E-state index in [1.165, 1.54) is 11.3 Å². The second-order valence-electron chi connectivity index (χ2n) is 10.4. The molecule has 5 rings (SSSR count). The molecule has 0 aliphatic heterocycles. The summed E-state index contributed by atoms with van der Waals surface area (Å²) in [5.41, 5.74) is 5.18.